The summed E-state index contributed by atoms with van der Waals surface area (Å²) in [5.41, 5.74) is 1.40. The van der Waals surface area contributed by atoms with Gasteiger partial charge in [0, 0.05) is 30.4 Å². The molecule has 0 aromatic carbocycles. The molecule has 5 heteroatoms. The first-order chi connectivity index (χ1) is 9.76. The van der Waals surface area contributed by atoms with Gasteiger partial charge >= 0.3 is 0 Å². The highest BCUT2D eigenvalue weighted by molar-refractivity contribution is 9.09. The van der Waals surface area contributed by atoms with Crippen LogP contribution in [-0.2, 0) is 17.6 Å². The van der Waals surface area contributed by atoms with Crippen LogP contribution in [0.1, 0.15) is 39.4 Å². The number of amides is 1. The summed E-state index contributed by atoms with van der Waals surface area (Å²) in [5, 5.41) is 0.799. The fraction of sp³-hybridized carbons (Fsp3) is 0.667. The molecule has 112 valence electrons. The van der Waals surface area contributed by atoms with E-state index in [9.17, 15) is 4.79 Å². The fourth-order valence-corrected chi connectivity index (χ4v) is 4.20. The van der Waals surface area contributed by atoms with Gasteiger partial charge in [-0.05, 0) is 37.3 Å². The summed E-state index contributed by atoms with van der Waals surface area (Å²) in [5.74, 6) is 0.152. The lowest BCUT2D eigenvalue weighted by Crippen LogP contribution is -2.35. The van der Waals surface area contributed by atoms with Crippen molar-refractivity contribution < 1.29 is 9.53 Å². The molecule has 1 amide bonds. The topological polar surface area (TPSA) is 29.5 Å². The van der Waals surface area contributed by atoms with Gasteiger partial charge in [0.05, 0.1) is 11.5 Å². The van der Waals surface area contributed by atoms with E-state index < -0.39 is 0 Å². The smallest absolute Gasteiger partial charge is 0.264 e. The lowest BCUT2D eigenvalue weighted by Gasteiger charge is -2.20. The SMILES string of the molecule is COCCN(CCBr)C(=O)c1cc2c(s1)CCCCC2. The van der Waals surface area contributed by atoms with Gasteiger partial charge in [0.1, 0.15) is 0 Å². The molecule has 3 nitrogen and oxygen atoms in total. The molecule has 1 aliphatic rings. The second kappa shape index (κ2) is 8.15. The van der Waals surface area contributed by atoms with Crippen molar-refractivity contribution in [1.29, 1.82) is 0 Å². The molecular weight excluding hydrogens is 338 g/mol. The second-order valence-corrected chi connectivity index (χ2v) is 7.02. The van der Waals surface area contributed by atoms with E-state index in [0.29, 0.717) is 13.2 Å². The maximum absolute atomic E-state index is 12.6. The Hall–Kier alpha value is -0.390. The summed E-state index contributed by atoms with van der Waals surface area (Å²) in [4.78, 5) is 16.8. The van der Waals surface area contributed by atoms with Gasteiger partial charge in [-0.25, -0.2) is 0 Å². The summed E-state index contributed by atoms with van der Waals surface area (Å²) >= 11 is 5.12. The average Bonchev–Trinajstić information content (AvgIpc) is 2.74. The molecule has 1 aliphatic carbocycles. The van der Waals surface area contributed by atoms with Gasteiger partial charge in [0.25, 0.3) is 5.91 Å². The monoisotopic (exact) mass is 359 g/mol. The van der Waals surface area contributed by atoms with E-state index in [2.05, 4.69) is 22.0 Å². The molecule has 0 aliphatic heterocycles. The highest BCUT2D eigenvalue weighted by Gasteiger charge is 2.20. The minimum absolute atomic E-state index is 0.152. The Balaban J connectivity index is 2.10. The van der Waals surface area contributed by atoms with Gasteiger partial charge in [-0.15, -0.1) is 11.3 Å². The number of carbonyl (C=O) groups excluding carboxylic acids is 1. The van der Waals surface area contributed by atoms with Crippen LogP contribution in [0, 0.1) is 0 Å². The van der Waals surface area contributed by atoms with Crippen LogP contribution in [0.3, 0.4) is 0 Å². The number of aryl methyl sites for hydroxylation is 2. The van der Waals surface area contributed by atoms with Crippen molar-refractivity contribution in [3.8, 4) is 0 Å². The lowest BCUT2D eigenvalue weighted by atomic mass is 10.1. The van der Waals surface area contributed by atoms with Crippen LogP contribution in [-0.4, -0.2) is 42.9 Å². The Labute approximate surface area is 133 Å². The molecule has 0 saturated heterocycles. The van der Waals surface area contributed by atoms with E-state index in [4.69, 9.17) is 4.74 Å². The summed E-state index contributed by atoms with van der Waals surface area (Å²) in [6.07, 6.45) is 6.11. The first kappa shape index (κ1) is 16.0. The molecular formula is C15H22BrNO2S. The molecule has 2 rings (SSSR count). The highest BCUT2D eigenvalue weighted by atomic mass is 79.9. The predicted molar refractivity (Wildman–Crippen MR) is 87.2 cm³/mol. The molecule has 20 heavy (non-hydrogen) atoms. The third-order valence-corrected chi connectivity index (χ3v) is 5.24. The number of rotatable bonds is 6. The number of nitrogens with zero attached hydrogens (tertiary/aromatic N) is 1. The number of methoxy groups -OCH3 is 1. The van der Waals surface area contributed by atoms with E-state index in [1.54, 1.807) is 18.4 Å². The molecule has 0 radical (unpaired) electrons. The van der Waals surface area contributed by atoms with Gasteiger partial charge in [0.15, 0.2) is 0 Å². The van der Waals surface area contributed by atoms with Crippen LogP contribution >= 0.6 is 27.3 Å². The lowest BCUT2D eigenvalue weighted by molar-refractivity contribution is 0.0713. The maximum atomic E-state index is 12.6. The highest BCUT2D eigenvalue weighted by Crippen LogP contribution is 2.29. The number of carbonyl (C=O) groups is 1. The molecule has 0 bridgehead atoms. The van der Waals surface area contributed by atoms with E-state index in [1.165, 1.54) is 29.7 Å². The number of halogens is 1. The van der Waals surface area contributed by atoms with Gasteiger partial charge in [0.2, 0.25) is 0 Å². The number of hydrogen-bond donors (Lipinski definition) is 0. The van der Waals surface area contributed by atoms with E-state index in [0.717, 1.165) is 29.6 Å². The van der Waals surface area contributed by atoms with Crippen LogP contribution < -0.4 is 0 Å². The van der Waals surface area contributed by atoms with Crippen molar-refractivity contribution in [2.75, 3.05) is 32.1 Å². The average molecular weight is 360 g/mol. The van der Waals surface area contributed by atoms with Crippen molar-refractivity contribution in [2.24, 2.45) is 0 Å². The van der Waals surface area contributed by atoms with E-state index in [1.807, 2.05) is 4.90 Å². The van der Waals surface area contributed by atoms with Gasteiger partial charge < -0.3 is 9.64 Å². The quantitative estimate of drug-likeness (QED) is 0.574. The zero-order valence-corrected chi connectivity index (χ0v) is 14.4. The van der Waals surface area contributed by atoms with Crippen molar-refractivity contribution >= 4 is 33.2 Å². The first-order valence-electron chi connectivity index (χ1n) is 7.22. The first-order valence-corrected chi connectivity index (χ1v) is 9.16. The Bertz CT molecular complexity index is 424. The molecule has 0 spiro atoms. The van der Waals surface area contributed by atoms with Crippen LogP contribution in [0.4, 0.5) is 0 Å². The summed E-state index contributed by atoms with van der Waals surface area (Å²) < 4.78 is 5.10. The normalized spacial score (nSPS) is 14.7. The van der Waals surface area contributed by atoms with Gasteiger partial charge in [-0.1, -0.05) is 22.4 Å². The van der Waals surface area contributed by atoms with Crippen molar-refractivity contribution in [2.45, 2.75) is 32.1 Å². The van der Waals surface area contributed by atoms with E-state index in [-0.39, 0.29) is 5.91 Å². The molecule has 1 aromatic heterocycles. The third kappa shape index (κ3) is 4.06. The Morgan fingerprint density at radius 3 is 2.90 bits per heavy atom. The fourth-order valence-electron chi connectivity index (χ4n) is 2.55. The summed E-state index contributed by atoms with van der Waals surface area (Å²) in [7, 11) is 1.67. The Morgan fingerprint density at radius 2 is 2.15 bits per heavy atom. The number of ether oxygens (including phenoxy) is 1. The van der Waals surface area contributed by atoms with Crippen molar-refractivity contribution in [3.63, 3.8) is 0 Å². The minimum atomic E-state index is 0.152. The Morgan fingerprint density at radius 1 is 1.35 bits per heavy atom. The molecule has 0 atom stereocenters. The summed E-state index contributed by atoms with van der Waals surface area (Å²) in [6, 6.07) is 2.13. The van der Waals surface area contributed by atoms with Gasteiger partial charge in [-0.3, -0.25) is 4.79 Å². The number of thiophene rings is 1. The van der Waals surface area contributed by atoms with Crippen molar-refractivity contribution in [1.82, 2.24) is 4.90 Å². The molecule has 0 unspecified atom stereocenters. The number of hydrogen-bond acceptors (Lipinski definition) is 3. The zero-order chi connectivity index (χ0) is 14.4. The van der Waals surface area contributed by atoms with Crippen LogP contribution in [0.2, 0.25) is 0 Å². The molecule has 1 aromatic rings. The maximum Gasteiger partial charge on any atom is 0.264 e. The predicted octanol–water partition coefficient (Wildman–Crippen LogP) is 3.50. The van der Waals surface area contributed by atoms with Crippen LogP contribution in [0.15, 0.2) is 6.07 Å². The molecule has 1 heterocycles. The molecule has 0 fully saturated rings. The Kier molecular flexibility index (Phi) is 6.52. The standard InChI is InChI=1S/C15H22BrNO2S/c1-19-10-9-17(8-7-16)15(18)14-11-12-5-3-2-4-6-13(12)20-14/h11H,2-10H2,1H3. The third-order valence-electron chi connectivity index (χ3n) is 3.66. The zero-order valence-electron chi connectivity index (χ0n) is 12.0. The molecule has 0 N–H and O–H groups in total. The number of fused-ring (bicyclic) bond motifs is 1. The number of alkyl halides is 1. The van der Waals surface area contributed by atoms with Crippen LogP contribution in [0.5, 0.6) is 0 Å². The van der Waals surface area contributed by atoms with Crippen molar-refractivity contribution in [3.05, 3.63) is 21.4 Å². The summed E-state index contributed by atoms with van der Waals surface area (Å²) in [6.45, 7) is 1.97. The van der Waals surface area contributed by atoms with E-state index >= 15 is 0 Å². The largest absolute Gasteiger partial charge is 0.383 e. The molecule has 0 saturated carbocycles. The second-order valence-electron chi connectivity index (χ2n) is 5.09. The minimum Gasteiger partial charge on any atom is -0.383 e. The van der Waals surface area contributed by atoms with Gasteiger partial charge in [-0.2, -0.15) is 0 Å². The van der Waals surface area contributed by atoms with Crippen LogP contribution in [0.25, 0.3) is 0 Å².